The van der Waals surface area contributed by atoms with E-state index in [1.807, 2.05) is 7.05 Å². The summed E-state index contributed by atoms with van der Waals surface area (Å²) in [6.45, 7) is 2.74. The normalized spacial score (nSPS) is 27.7. The molecule has 1 atom stereocenters. The van der Waals surface area contributed by atoms with Crippen LogP contribution in [0.4, 0.5) is 4.79 Å². The molecule has 2 fully saturated rings. The molecule has 0 aromatic heterocycles. The van der Waals surface area contributed by atoms with Crippen LogP contribution in [0.2, 0.25) is 0 Å². The number of rotatable bonds is 3. The number of hydrogen-bond donors (Lipinski definition) is 2. The third-order valence-corrected chi connectivity index (χ3v) is 4.02. The summed E-state index contributed by atoms with van der Waals surface area (Å²) in [5, 5.41) is 6.24. The molecular weight excluding hydrogens is 214 g/mol. The van der Waals surface area contributed by atoms with E-state index in [1.54, 1.807) is 0 Å². The highest BCUT2D eigenvalue weighted by molar-refractivity contribution is 5.75. The van der Waals surface area contributed by atoms with E-state index in [2.05, 4.69) is 15.5 Å². The van der Waals surface area contributed by atoms with Gasteiger partial charge in [-0.1, -0.05) is 25.7 Å². The maximum absolute atomic E-state index is 12.0. The fourth-order valence-corrected chi connectivity index (χ4v) is 3.07. The molecule has 2 rings (SSSR count). The first kappa shape index (κ1) is 12.7. The van der Waals surface area contributed by atoms with Gasteiger partial charge < -0.3 is 15.5 Å². The van der Waals surface area contributed by atoms with Crippen molar-refractivity contribution < 1.29 is 4.79 Å². The second-order valence-corrected chi connectivity index (χ2v) is 5.41. The average Bonchev–Trinajstić information content (AvgIpc) is 2.60. The Kier molecular flexibility index (Phi) is 4.66. The molecule has 0 spiro atoms. The minimum atomic E-state index is 0.157. The second-order valence-electron chi connectivity index (χ2n) is 5.41. The first-order chi connectivity index (χ1) is 8.31. The van der Waals surface area contributed by atoms with Crippen LogP contribution in [-0.2, 0) is 0 Å². The molecule has 2 amide bonds. The third-order valence-electron chi connectivity index (χ3n) is 4.02. The van der Waals surface area contributed by atoms with E-state index < -0.39 is 0 Å². The highest BCUT2D eigenvalue weighted by Crippen LogP contribution is 2.23. The van der Waals surface area contributed by atoms with E-state index in [0.29, 0.717) is 12.0 Å². The number of amides is 2. The number of carbonyl (C=O) groups excluding carboxylic acids is 1. The summed E-state index contributed by atoms with van der Waals surface area (Å²) in [6, 6.07) is 0.640. The van der Waals surface area contributed by atoms with Crippen molar-refractivity contribution in [2.24, 2.45) is 5.92 Å². The molecule has 1 heterocycles. The third kappa shape index (κ3) is 3.35. The largest absolute Gasteiger partial charge is 0.338 e. The lowest BCUT2D eigenvalue weighted by Crippen LogP contribution is -2.56. The maximum atomic E-state index is 12.0. The van der Waals surface area contributed by atoms with Crippen LogP contribution < -0.4 is 10.6 Å². The van der Waals surface area contributed by atoms with Crippen molar-refractivity contribution in [2.45, 2.75) is 44.6 Å². The van der Waals surface area contributed by atoms with Gasteiger partial charge in [0.1, 0.15) is 0 Å². The van der Waals surface area contributed by atoms with Gasteiger partial charge in [0, 0.05) is 31.6 Å². The monoisotopic (exact) mass is 239 g/mol. The van der Waals surface area contributed by atoms with Crippen LogP contribution in [0.15, 0.2) is 0 Å². The van der Waals surface area contributed by atoms with Crippen LogP contribution in [0.1, 0.15) is 38.5 Å². The molecule has 2 aliphatic rings. The van der Waals surface area contributed by atoms with Gasteiger partial charge >= 0.3 is 6.03 Å². The van der Waals surface area contributed by atoms with Gasteiger partial charge in [0.05, 0.1) is 0 Å². The molecule has 1 saturated carbocycles. The van der Waals surface area contributed by atoms with E-state index in [4.69, 9.17) is 0 Å². The highest BCUT2D eigenvalue weighted by atomic mass is 16.2. The van der Waals surface area contributed by atoms with Gasteiger partial charge in [0.15, 0.2) is 0 Å². The van der Waals surface area contributed by atoms with E-state index in [1.165, 1.54) is 38.5 Å². The van der Waals surface area contributed by atoms with Crippen molar-refractivity contribution in [1.82, 2.24) is 15.5 Å². The Bertz CT molecular complexity index is 249. The van der Waals surface area contributed by atoms with E-state index >= 15 is 0 Å². The van der Waals surface area contributed by atoms with Crippen LogP contribution in [0, 0.1) is 5.92 Å². The molecule has 17 heavy (non-hydrogen) atoms. The molecule has 1 saturated heterocycles. The van der Waals surface area contributed by atoms with Crippen molar-refractivity contribution in [3.8, 4) is 0 Å². The first-order valence-corrected chi connectivity index (χ1v) is 7.00. The molecule has 4 heteroatoms. The second kappa shape index (κ2) is 6.24. The van der Waals surface area contributed by atoms with Gasteiger partial charge in [0.2, 0.25) is 0 Å². The van der Waals surface area contributed by atoms with Gasteiger partial charge in [-0.15, -0.1) is 0 Å². The summed E-state index contributed by atoms with van der Waals surface area (Å²) in [6.07, 6.45) is 7.63. The molecule has 4 nitrogen and oxygen atoms in total. The highest BCUT2D eigenvalue weighted by Gasteiger charge is 2.30. The van der Waals surface area contributed by atoms with Gasteiger partial charge in [-0.25, -0.2) is 4.79 Å². The molecule has 98 valence electrons. The zero-order valence-corrected chi connectivity index (χ0v) is 10.9. The van der Waals surface area contributed by atoms with Crippen molar-refractivity contribution in [3.63, 3.8) is 0 Å². The van der Waals surface area contributed by atoms with Crippen LogP contribution in [-0.4, -0.2) is 43.7 Å². The number of urea groups is 1. The Morgan fingerprint density at radius 2 is 2.00 bits per heavy atom. The van der Waals surface area contributed by atoms with E-state index in [-0.39, 0.29) is 6.03 Å². The predicted molar refractivity (Wildman–Crippen MR) is 69.0 cm³/mol. The van der Waals surface area contributed by atoms with Gasteiger partial charge in [-0.3, -0.25) is 0 Å². The molecular formula is C13H25N3O. The fraction of sp³-hybridized carbons (Fsp3) is 0.923. The smallest absolute Gasteiger partial charge is 0.317 e. The molecule has 0 aromatic carbocycles. The van der Waals surface area contributed by atoms with Gasteiger partial charge in [-0.05, 0) is 19.9 Å². The Morgan fingerprint density at radius 1 is 1.29 bits per heavy atom. The van der Waals surface area contributed by atoms with Gasteiger partial charge in [-0.2, -0.15) is 0 Å². The molecule has 0 radical (unpaired) electrons. The topological polar surface area (TPSA) is 44.4 Å². The summed E-state index contributed by atoms with van der Waals surface area (Å²) >= 11 is 0. The first-order valence-electron chi connectivity index (χ1n) is 7.00. The van der Waals surface area contributed by atoms with Gasteiger partial charge in [0.25, 0.3) is 0 Å². The number of nitrogens with one attached hydrogen (secondary N) is 2. The Balaban J connectivity index is 1.93. The summed E-state index contributed by atoms with van der Waals surface area (Å²) in [7, 11) is 1.98. The number of hydrogen-bond acceptors (Lipinski definition) is 2. The lowest BCUT2D eigenvalue weighted by atomic mass is 10.0. The Morgan fingerprint density at radius 3 is 2.65 bits per heavy atom. The summed E-state index contributed by atoms with van der Waals surface area (Å²) in [5.41, 5.74) is 0. The molecule has 0 aromatic rings. The van der Waals surface area contributed by atoms with Crippen molar-refractivity contribution >= 4 is 6.03 Å². The van der Waals surface area contributed by atoms with Crippen LogP contribution >= 0.6 is 0 Å². The summed E-state index contributed by atoms with van der Waals surface area (Å²) < 4.78 is 0. The van der Waals surface area contributed by atoms with Crippen LogP contribution in [0.3, 0.4) is 0 Å². The minimum absolute atomic E-state index is 0.157. The van der Waals surface area contributed by atoms with Crippen LogP contribution in [0.5, 0.6) is 0 Å². The van der Waals surface area contributed by atoms with E-state index in [9.17, 15) is 4.79 Å². The van der Waals surface area contributed by atoms with Crippen molar-refractivity contribution in [1.29, 1.82) is 0 Å². The predicted octanol–water partition coefficient (Wildman–Crippen LogP) is 1.57. The number of carbonyl (C=O) groups is 1. The molecule has 2 N–H and O–H groups in total. The van der Waals surface area contributed by atoms with Crippen molar-refractivity contribution in [3.05, 3.63) is 0 Å². The number of nitrogens with zero attached hydrogens (tertiary/aromatic N) is 1. The quantitative estimate of drug-likeness (QED) is 0.734. The standard InChI is InChI=1S/C13H25N3O/c1-14-8-11-9-15-13(17)16(10-11)12-6-4-2-3-5-7-12/h11-12,14H,2-10H2,1H3,(H,15,17). The van der Waals surface area contributed by atoms with E-state index in [0.717, 1.165) is 19.6 Å². The lowest BCUT2D eigenvalue weighted by Gasteiger charge is -2.38. The molecule has 1 aliphatic heterocycles. The average molecular weight is 239 g/mol. The Hall–Kier alpha value is -0.770. The molecule has 1 unspecified atom stereocenters. The molecule has 1 aliphatic carbocycles. The summed E-state index contributed by atoms with van der Waals surface area (Å²) in [4.78, 5) is 14.0. The summed E-state index contributed by atoms with van der Waals surface area (Å²) in [5.74, 6) is 0.556. The SMILES string of the molecule is CNCC1CNC(=O)N(C2CCCCCC2)C1. The Labute approximate surface area is 104 Å². The maximum Gasteiger partial charge on any atom is 0.317 e. The zero-order chi connectivity index (χ0) is 12.1. The zero-order valence-electron chi connectivity index (χ0n) is 10.9. The van der Waals surface area contributed by atoms with Crippen LogP contribution in [0.25, 0.3) is 0 Å². The minimum Gasteiger partial charge on any atom is -0.338 e. The lowest BCUT2D eigenvalue weighted by molar-refractivity contribution is 0.133. The fourth-order valence-electron chi connectivity index (χ4n) is 3.07. The molecule has 0 bridgehead atoms. The van der Waals surface area contributed by atoms with Crippen molar-refractivity contribution in [2.75, 3.05) is 26.7 Å².